The predicted molar refractivity (Wildman–Crippen MR) is 66.7 cm³/mol. The van der Waals surface area contributed by atoms with Crippen molar-refractivity contribution in [3.63, 3.8) is 0 Å². The van der Waals surface area contributed by atoms with E-state index in [1.54, 1.807) is 0 Å². The normalized spacial score (nSPS) is 18.1. The van der Waals surface area contributed by atoms with Gasteiger partial charge in [0.25, 0.3) is 0 Å². The predicted octanol–water partition coefficient (Wildman–Crippen LogP) is 3.00. The SMILES string of the molecule is COC1(CNCc2ccc(Cl)cc2)CCC1. The van der Waals surface area contributed by atoms with Gasteiger partial charge >= 0.3 is 0 Å². The summed E-state index contributed by atoms with van der Waals surface area (Å²) in [6.45, 7) is 1.81. The molecule has 0 amide bonds. The van der Waals surface area contributed by atoms with Crippen LogP contribution < -0.4 is 5.32 Å². The summed E-state index contributed by atoms with van der Waals surface area (Å²) in [6.07, 6.45) is 3.64. The smallest absolute Gasteiger partial charge is 0.0802 e. The van der Waals surface area contributed by atoms with Crippen molar-refractivity contribution in [3.05, 3.63) is 34.9 Å². The van der Waals surface area contributed by atoms with Gasteiger partial charge < -0.3 is 10.1 Å². The van der Waals surface area contributed by atoms with Crippen LogP contribution in [0.5, 0.6) is 0 Å². The molecule has 1 aliphatic carbocycles. The Morgan fingerprint density at radius 1 is 1.31 bits per heavy atom. The zero-order valence-corrected chi connectivity index (χ0v) is 10.4. The third-order valence-corrected chi connectivity index (χ3v) is 3.64. The van der Waals surface area contributed by atoms with Crippen LogP contribution in [0.25, 0.3) is 0 Å². The highest BCUT2D eigenvalue weighted by atomic mass is 35.5. The molecule has 0 spiro atoms. The molecule has 1 aliphatic rings. The zero-order chi connectivity index (χ0) is 11.4. The fraction of sp³-hybridized carbons (Fsp3) is 0.538. The second kappa shape index (κ2) is 5.17. The maximum Gasteiger partial charge on any atom is 0.0802 e. The second-order valence-corrected chi connectivity index (χ2v) is 4.91. The number of nitrogens with one attached hydrogen (secondary N) is 1. The minimum absolute atomic E-state index is 0.104. The van der Waals surface area contributed by atoms with Crippen molar-refractivity contribution in [1.82, 2.24) is 5.32 Å². The van der Waals surface area contributed by atoms with Crippen molar-refractivity contribution in [2.45, 2.75) is 31.4 Å². The summed E-state index contributed by atoms with van der Waals surface area (Å²) in [5.41, 5.74) is 1.36. The lowest BCUT2D eigenvalue weighted by Crippen LogP contribution is -2.47. The van der Waals surface area contributed by atoms with Crippen LogP contribution in [0.3, 0.4) is 0 Å². The third kappa shape index (κ3) is 2.76. The molecule has 88 valence electrons. The van der Waals surface area contributed by atoms with Crippen molar-refractivity contribution >= 4 is 11.6 Å². The largest absolute Gasteiger partial charge is 0.377 e. The molecule has 2 nitrogen and oxygen atoms in total. The average Bonchev–Trinajstić information content (AvgIpc) is 2.25. The van der Waals surface area contributed by atoms with Crippen molar-refractivity contribution in [2.24, 2.45) is 0 Å². The molecule has 1 saturated carbocycles. The van der Waals surface area contributed by atoms with Crippen LogP contribution in [0, 0.1) is 0 Å². The van der Waals surface area contributed by atoms with E-state index >= 15 is 0 Å². The Bertz CT molecular complexity index is 327. The third-order valence-electron chi connectivity index (χ3n) is 3.39. The number of ether oxygens (including phenoxy) is 1. The fourth-order valence-corrected chi connectivity index (χ4v) is 2.19. The molecule has 0 saturated heterocycles. The van der Waals surface area contributed by atoms with Gasteiger partial charge in [-0.25, -0.2) is 0 Å². The minimum Gasteiger partial charge on any atom is -0.377 e. The van der Waals surface area contributed by atoms with Gasteiger partial charge in [-0.1, -0.05) is 23.7 Å². The van der Waals surface area contributed by atoms with Gasteiger partial charge in [-0.3, -0.25) is 0 Å². The van der Waals surface area contributed by atoms with E-state index in [1.807, 2.05) is 19.2 Å². The molecule has 0 aromatic heterocycles. The van der Waals surface area contributed by atoms with E-state index < -0.39 is 0 Å². The summed E-state index contributed by atoms with van der Waals surface area (Å²) >= 11 is 5.83. The van der Waals surface area contributed by atoms with Crippen LogP contribution in [-0.4, -0.2) is 19.3 Å². The van der Waals surface area contributed by atoms with E-state index in [1.165, 1.54) is 24.8 Å². The van der Waals surface area contributed by atoms with Crippen LogP contribution in [-0.2, 0) is 11.3 Å². The fourth-order valence-electron chi connectivity index (χ4n) is 2.06. The maximum atomic E-state index is 5.83. The Kier molecular flexibility index (Phi) is 3.85. The van der Waals surface area contributed by atoms with Crippen LogP contribution in [0.2, 0.25) is 5.02 Å². The van der Waals surface area contributed by atoms with E-state index in [0.29, 0.717) is 0 Å². The summed E-state index contributed by atoms with van der Waals surface area (Å²) in [7, 11) is 1.81. The first-order valence-corrected chi connectivity index (χ1v) is 6.12. The highest BCUT2D eigenvalue weighted by molar-refractivity contribution is 6.30. The van der Waals surface area contributed by atoms with E-state index in [2.05, 4.69) is 17.4 Å². The zero-order valence-electron chi connectivity index (χ0n) is 9.63. The summed E-state index contributed by atoms with van der Waals surface area (Å²) in [5.74, 6) is 0. The van der Waals surface area contributed by atoms with Crippen LogP contribution >= 0.6 is 11.6 Å². The molecule has 3 heteroatoms. The average molecular weight is 240 g/mol. The monoisotopic (exact) mass is 239 g/mol. The highest BCUT2D eigenvalue weighted by Crippen LogP contribution is 2.34. The molecule has 16 heavy (non-hydrogen) atoms. The van der Waals surface area contributed by atoms with Gasteiger partial charge in [-0.05, 0) is 37.0 Å². The van der Waals surface area contributed by atoms with E-state index in [4.69, 9.17) is 16.3 Å². The molecule has 1 N–H and O–H groups in total. The number of benzene rings is 1. The molecular weight excluding hydrogens is 222 g/mol. The van der Waals surface area contributed by atoms with E-state index in [9.17, 15) is 0 Å². The van der Waals surface area contributed by atoms with Gasteiger partial charge in [-0.15, -0.1) is 0 Å². The summed E-state index contributed by atoms with van der Waals surface area (Å²) in [4.78, 5) is 0. The molecule has 0 unspecified atom stereocenters. The Morgan fingerprint density at radius 3 is 2.50 bits per heavy atom. The van der Waals surface area contributed by atoms with Gasteiger partial charge in [0.15, 0.2) is 0 Å². The number of halogens is 1. The summed E-state index contributed by atoms with van der Waals surface area (Å²) < 4.78 is 5.55. The first-order valence-electron chi connectivity index (χ1n) is 5.74. The summed E-state index contributed by atoms with van der Waals surface area (Å²) in [6, 6.07) is 7.95. The van der Waals surface area contributed by atoms with Gasteiger partial charge in [0.1, 0.15) is 0 Å². The second-order valence-electron chi connectivity index (χ2n) is 4.47. The van der Waals surface area contributed by atoms with Crippen molar-refractivity contribution in [2.75, 3.05) is 13.7 Å². The standard InChI is InChI=1S/C13H18ClNO/c1-16-13(7-2-8-13)10-15-9-11-3-5-12(14)6-4-11/h3-6,15H,2,7-10H2,1H3. The molecule has 0 atom stereocenters. The number of rotatable bonds is 5. The maximum absolute atomic E-state index is 5.83. The van der Waals surface area contributed by atoms with Crippen LogP contribution in [0.15, 0.2) is 24.3 Å². The lowest BCUT2D eigenvalue weighted by atomic mass is 9.80. The minimum atomic E-state index is 0.104. The van der Waals surface area contributed by atoms with Gasteiger partial charge in [0.2, 0.25) is 0 Å². The lowest BCUT2D eigenvalue weighted by molar-refractivity contribution is -0.0695. The Hall–Kier alpha value is -0.570. The molecular formula is C13H18ClNO. The topological polar surface area (TPSA) is 21.3 Å². The first kappa shape index (κ1) is 11.9. The molecule has 1 aromatic rings. The Balaban J connectivity index is 1.77. The lowest BCUT2D eigenvalue weighted by Gasteiger charge is -2.40. The van der Waals surface area contributed by atoms with Crippen LogP contribution in [0.4, 0.5) is 0 Å². The first-order chi connectivity index (χ1) is 7.74. The Morgan fingerprint density at radius 2 is 2.00 bits per heavy atom. The van der Waals surface area contributed by atoms with Gasteiger partial charge in [-0.2, -0.15) is 0 Å². The number of hydrogen-bond donors (Lipinski definition) is 1. The van der Waals surface area contributed by atoms with Gasteiger partial charge in [0, 0.05) is 25.2 Å². The van der Waals surface area contributed by atoms with Crippen molar-refractivity contribution in [1.29, 1.82) is 0 Å². The molecule has 2 rings (SSSR count). The van der Waals surface area contributed by atoms with Crippen molar-refractivity contribution in [3.8, 4) is 0 Å². The van der Waals surface area contributed by atoms with Crippen molar-refractivity contribution < 1.29 is 4.74 Å². The number of hydrogen-bond acceptors (Lipinski definition) is 2. The van der Waals surface area contributed by atoms with E-state index in [-0.39, 0.29) is 5.60 Å². The molecule has 1 fully saturated rings. The quantitative estimate of drug-likeness (QED) is 0.853. The Labute approximate surface area is 102 Å². The molecule has 0 aliphatic heterocycles. The summed E-state index contributed by atoms with van der Waals surface area (Å²) in [5, 5.41) is 4.23. The van der Waals surface area contributed by atoms with Gasteiger partial charge in [0.05, 0.1) is 5.60 Å². The molecule has 1 aromatic carbocycles. The molecule has 0 heterocycles. The molecule has 0 bridgehead atoms. The molecule has 0 radical (unpaired) electrons. The van der Waals surface area contributed by atoms with Crippen LogP contribution in [0.1, 0.15) is 24.8 Å². The van der Waals surface area contributed by atoms with E-state index in [0.717, 1.165) is 18.1 Å². The number of methoxy groups -OCH3 is 1. The highest BCUT2D eigenvalue weighted by Gasteiger charge is 2.36.